The number of hydrogen-bond donors (Lipinski definition) is 1. The molecular weight excluding hydrogens is 318 g/mol. The molecule has 1 aromatic rings. The number of hydrogen-bond acceptors (Lipinski definition) is 4. The van der Waals surface area contributed by atoms with E-state index in [4.69, 9.17) is 16.3 Å². The third kappa shape index (κ3) is 4.96. The highest BCUT2D eigenvalue weighted by Crippen LogP contribution is 2.16. The van der Waals surface area contributed by atoms with Crippen molar-refractivity contribution >= 4 is 29.4 Å². The summed E-state index contributed by atoms with van der Waals surface area (Å²) in [6, 6.07) is 7.17. The van der Waals surface area contributed by atoms with Gasteiger partial charge in [-0.1, -0.05) is 23.7 Å². The highest BCUT2D eigenvalue weighted by atomic mass is 35.5. The minimum Gasteiger partial charge on any atom is -0.444 e. The zero-order valence-corrected chi connectivity index (χ0v) is 14.2. The van der Waals surface area contributed by atoms with Crippen LogP contribution in [0.2, 0.25) is 5.02 Å². The second-order valence-corrected chi connectivity index (χ2v) is 6.55. The molecule has 1 aliphatic heterocycles. The summed E-state index contributed by atoms with van der Waals surface area (Å²) in [5.41, 5.74) is 0.175. The molecule has 0 bridgehead atoms. The second kappa shape index (κ2) is 7.00. The average molecular weight is 338 g/mol. The lowest BCUT2D eigenvalue weighted by atomic mass is 10.2. The Hall–Kier alpha value is -2.08. The summed E-state index contributed by atoms with van der Waals surface area (Å²) in [6.07, 6.45) is -0.619. The van der Waals surface area contributed by atoms with Gasteiger partial charge in [0, 0.05) is 17.1 Å². The largest absolute Gasteiger partial charge is 0.444 e. The van der Waals surface area contributed by atoms with Crippen LogP contribution in [-0.4, -0.2) is 48.0 Å². The molecule has 124 valence electrons. The monoisotopic (exact) mass is 337 g/mol. The first kappa shape index (κ1) is 17.3. The van der Waals surface area contributed by atoms with Crippen molar-refractivity contribution in [2.75, 3.05) is 19.6 Å². The predicted octanol–water partition coefficient (Wildman–Crippen LogP) is 2.45. The normalized spacial score (nSPS) is 14.4. The van der Waals surface area contributed by atoms with E-state index >= 15 is 0 Å². The number of rotatable bonds is 3. The van der Waals surface area contributed by atoms with E-state index in [0.717, 1.165) is 5.56 Å². The molecule has 1 aliphatic rings. The molecule has 1 N–H and O–H groups in total. The summed E-state index contributed by atoms with van der Waals surface area (Å²) < 4.78 is 5.11. The van der Waals surface area contributed by atoms with Gasteiger partial charge in [0.25, 0.3) is 0 Å². The van der Waals surface area contributed by atoms with Gasteiger partial charge in [0.15, 0.2) is 0 Å². The van der Waals surface area contributed by atoms with Gasteiger partial charge >= 0.3 is 6.09 Å². The number of benzene rings is 1. The number of halogens is 1. The second-order valence-electron chi connectivity index (χ2n) is 6.12. The SMILES string of the molecule is CC(C)(C)OC(=O)NCC(=O)N1CCN=C1c1cccc(Cl)c1. The van der Waals surface area contributed by atoms with Crippen LogP contribution in [0.25, 0.3) is 0 Å². The van der Waals surface area contributed by atoms with Crippen LogP contribution in [-0.2, 0) is 9.53 Å². The summed E-state index contributed by atoms with van der Waals surface area (Å²) in [4.78, 5) is 29.8. The molecular formula is C16H20ClN3O3. The Kier molecular flexibility index (Phi) is 5.26. The van der Waals surface area contributed by atoms with E-state index in [1.807, 2.05) is 6.07 Å². The summed E-state index contributed by atoms with van der Waals surface area (Å²) in [5.74, 6) is 0.329. The maximum atomic E-state index is 12.3. The molecule has 1 heterocycles. The van der Waals surface area contributed by atoms with Crippen molar-refractivity contribution in [1.82, 2.24) is 10.2 Å². The molecule has 2 amide bonds. The van der Waals surface area contributed by atoms with Crippen LogP contribution in [0.5, 0.6) is 0 Å². The van der Waals surface area contributed by atoms with E-state index in [9.17, 15) is 9.59 Å². The van der Waals surface area contributed by atoms with Crippen LogP contribution in [0, 0.1) is 0 Å². The minimum atomic E-state index is -0.619. The molecule has 7 heteroatoms. The van der Waals surface area contributed by atoms with Crippen LogP contribution < -0.4 is 5.32 Å². The fraction of sp³-hybridized carbons (Fsp3) is 0.438. The molecule has 0 radical (unpaired) electrons. The molecule has 0 saturated heterocycles. The molecule has 6 nitrogen and oxygen atoms in total. The fourth-order valence-electron chi connectivity index (χ4n) is 2.12. The first-order valence-electron chi connectivity index (χ1n) is 7.34. The van der Waals surface area contributed by atoms with Gasteiger partial charge in [-0.05, 0) is 32.9 Å². The Morgan fingerprint density at radius 2 is 2.13 bits per heavy atom. The Morgan fingerprint density at radius 1 is 1.39 bits per heavy atom. The smallest absolute Gasteiger partial charge is 0.408 e. The number of nitrogens with one attached hydrogen (secondary N) is 1. The van der Waals surface area contributed by atoms with Gasteiger partial charge in [0.05, 0.1) is 6.54 Å². The molecule has 0 saturated carbocycles. The Bertz CT molecular complexity index is 638. The number of alkyl carbamates (subject to hydrolysis) is 1. The van der Waals surface area contributed by atoms with Crippen LogP contribution in [0.4, 0.5) is 4.79 Å². The average Bonchev–Trinajstić information content (AvgIpc) is 2.92. The maximum Gasteiger partial charge on any atom is 0.408 e. The number of carbonyl (C=O) groups is 2. The Morgan fingerprint density at radius 3 is 2.78 bits per heavy atom. The quantitative estimate of drug-likeness (QED) is 0.921. The summed E-state index contributed by atoms with van der Waals surface area (Å²) in [5, 5.41) is 3.05. The molecule has 0 aliphatic carbocycles. The number of nitrogens with zero attached hydrogens (tertiary/aromatic N) is 2. The highest BCUT2D eigenvalue weighted by molar-refractivity contribution is 6.31. The van der Waals surface area contributed by atoms with E-state index in [1.165, 1.54) is 0 Å². The molecule has 0 unspecified atom stereocenters. The Balaban J connectivity index is 1.97. The lowest BCUT2D eigenvalue weighted by molar-refractivity contribution is -0.126. The van der Waals surface area contributed by atoms with Crippen LogP contribution >= 0.6 is 11.6 Å². The number of carbonyl (C=O) groups excluding carboxylic acids is 2. The van der Waals surface area contributed by atoms with Crippen molar-refractivity contribution < 1.29 is 14.3 Å². The third-order valence-corrected chi connectivity index (χ3v) is 3.24. The lowest BCUT2D eigenvalue weighted by Crippen LogP contribution is -2.43. The summed E-state index contributed by atoms with van der Waals surface area (Å²) >= 11 is 5.98. The molecule has 1 aromatic carbocycles. The fourth-order valence-corrected chi connectivity index (χ4v) is 2.31. The summed E-state index contributed by atoms with van der Waals surface area (Å²) in [7, 11) is 0. The van der Waals surface area contributed by atoms with E-state index in [-0.39, 0.29) is 12.5 Å². The van der Waals surface area contributed by atoms with Gasteiger partial charge in [0.2, 0.25) is 5.91 Å². The van der Waals surface area contributed by atoms with Crippen molar-refractivity contribution in [1.29, 1.82) is 0 Å². The van der Waals surface area contributed by atoms with Gasteiger partial charge in [-0.15, -0.1) is 0 Å². The first-order chi connectivity index (χ1) is 10.8. The third-order valence-electron chi connectivity index (χ3n) is 3.01. The number of ether oxygens (including phenoxy) is 1. The molecule has 0 aromatic heterocycles. The zero-order chi connectivity index (χ0) is 17.0. The van der Waals surface area contributed by atoms with Crippen molar-refractivity contribution in [3.63, 3.8) is 0 Å². The van der Waals surface area contributed by atoms with Crippen LogP contribution in [0.3, 0.4) is 0 Å². The van der Waals surface area contributed by atoms with Crippen molar-refractivity contribution in [3.05, 3.63) is 34.9 Å². The number of aliphatic imine (C=N–C) groups is 1. The van der Waals surface area contributed by atoms with E-state index in [1.54, 1.807) is 43.9 Å². The van der Waals surface area contributed by atoms with E-state index in [2.05, 4.69) is 10.3 Å². The van der Waals surface area contributed by atoms with Gasteiger partial charge in [-0.2, -0.15) is 0 Å². The lowest BCUT2D eigenvalue weighted by Gasteiger charge is -2.21. The molecule has 0 atom stereocenters. The van der Waals surface area contributed by atoms with Crippen molar-refractivity contribution in [2.24, 2.45) is 4.99 Å². The topological polar surface area (TPSA) is 71.0 Å². The zero-order valence-electron chi connectivity index (χ0n) is 13.4. The molecule has 23 heavy (non-hydrogen) atoms. The maximum absolute atomic E-state index is 12.3. The molecule has 0 fully saturated rings. The van der Waals surface area contributed by atoms with Gasteiger partial charge in [-0.3, -0.25) is 14.7 Å². The van der Waals surface area contributed by atoms with Crippen molar-refractivity contribution in [2.45, 2.75) is 26.4 Å². The molecule has 2 rings (SSSR count). The van der Waals surface area contributed by atoms with Gasteiger partial charge in [0.1, 0.15) is 18.0 Å². The number of amidine groups is 1. The van der Waals surface area contributed by atoms with E-state index < -0.39 is 11.7 Å². The standard InChI is InChI=1S/C16H20ClN3O3/c1-16(2,3)23-15(22)19-10-13(21)20-8-7-18-14(20)11-5-4-6-12(17)9-11/h4-6,9H,7-8,10H2,1-3H3,(H,19,22). The van der Waals surface area contributed by atoms with E-state index in [0.29, 0.717) is 23.9 Å². The minimum absolute atomic E-state index is 0.144. The Labute approximate surface area is 140 Å². The van der Waals surface area contributed by atoms with Crippen molar-refractivity contribution in [3.8, 4) is 0 Å². The predicted molar refractivity (Wildman–Crippen MR) is 88.8 cm³/mol. The first-order valence-corrected chi connectivity index (χ1v) is 7.72. The van der Waals surface area contributed by atoms with Crippen LogP contribution in [0.15, 0.2) is 29.3 Å². The number of amides is 2. The molecule has 0 spiro atoms. The van der Waals surface area contributed by atoms with Crippen LogP contribution in [0.1, 0.15) is 26.3 Å². The summed E-state index contributed by atoms with van der Waals surface area (Å²) in [6.45, 7) is 6.15. The highest BCUT2D eigenvalue weighted by Gasteiger charge is 2.25. The van der Waals surface area contributed by atoms with Gasteiger partial charge in [-0.25, -0.2) is 4.79 Å². The van der Waals surface area contributed by atoms with Gasteiger partial charge < -0.3 is 10.1 Å².